The van der Waals surface area contributed by atoms with Crippen LogP contribution >= 0.6 is 0 Å². The third kappa shape index (κ3) is 2.00. The van der Waals surface area contributed by atoms with Crippen LogP contribution in [-0.4, -0.2) is 12.6 Å². The molecule has 0 bridgehead atoms. The lowest BCUT2D eigenvalue weighted by Crippen LogP contribution is -2.53. The van der Waals surface area contributed by atoms with Crippen molar-refractivity contribution < 1.29 is 0 Å². The lowest BCUT2D eigenvalue weighted by Gasteiger charge is -2.41. The molecule has 0 amide bonds. The minimum Gasteiger partial charge on any atom is -0.328 e. The van der Waals surface area contributed by atoms with Crippen LogP contribution < -0.4 is 11.1 Å². The Morgan fingerprint density at radius 1 is 1.22 bits per heavy atom. The summed E-state index contributed by atoms with van der Waals surface area (Å²) in [5, 5.41) is 3.85. The normalized spacial score (nSPS) is 27.4. The van der Waals surface area contributed by atoms with E-state index in [4.69, 9.17) is 5.73 Å². The standard InChI is InChI=1S/C16H22N2/c17-12-16(18-14-8-2-3-9-14)11-5-7-13-6-1-4-10-15(13)16/h1-4,6,10,14,18H,5,7-9,11-12,17H2. The molecule has 96 valence electrons. The average Bonchev–Trinajstić information content (AvgIpc) is 2.92. The lowest BCUT2D eigenvalue weighted by molar-refractivity contribution is 0.260. The van der Waals surface area contributed by atoms with E-state index in [2.05, 4.69) is 41.7 Å². The van der Waals surface area contributed by atoms with Crippen molar-refractivity contribution >= 4 is 0 Å². The fraction of sp³-hybridized carbons (Fsp3) is 0.500. The van der Waals surface area contributed by atoms with Gasteiger partial charge in [0.25, 0.3) is 0 Å². The van der Waals surface area contributed by atoms with Crippen LogP contribution in [0.5, 0.6) is 0 Å². The number of nitrogens with two attached hydrogens (primary N) is 1. The molecule has 18 heavy (non-hydrogen) atoms. The molecule has 2 heteroatoms. The van der Waals surface area contributed by atoms with E-state index in [1.54, 1.807) is 0 Å². The molecule has 2 nitrogen and oxygen atoms in total. The SMILES string of the molecule is NCC1(NC2CC=CC2)CCCc2ccccc21. The van der Waals surface area contributed by atoms with E-state index in [1.807, 2.05) is 0 Å². The number of hydrogen-bond acceptors (Lipinski definition) is 2. The molecule has 1 aromatic carbocycles. The molecular weight excluding hydrogens is 220 g/mol. The molecule has 0 saturated heterocycles. The fourth-order valence-electron chi connectivity index (χ4n) is 3.47. The van der Waals surface area contributed by atoms with Crippen LogP contribution in [0.4, 0.5) is 0 Å². The molecule has 1 unspecified atom stereocenters. The number of nitrogens with one attached hydrogen (secondary N) is 1. The van der Waals surface area contributed by atoms with Gasteiger partial charge in [-0.05, 0) is 43.2 Å². The Labute approximate surface area is 109 Å². The van der Waals surface area contributed by atoms with Crippen LogP contribution in [0.3, 0.4) is 0 Å². The topological polar surface area (TPSA) is 38.0 Å². The van der Waals surface area contributed by atoms with E-state index in [1.165, 1.54) is 24.0 Å². The second kappa shape index (κ2) is 4.87. The maximum absolute atomic E-state index is 6.15. The molecule has 2 aliphatic carbocycles. The van der Waals surface area contributed by atoms with E-state index in [0.717, 1.165) is 19.3 Å². The molecule has 0 spiro atoms. The van der Waals surface area contributed by atoms with Crippen molar-refractivity contribution in [2.24, 2.45) is 5.73 Å². The van der Waals surface area contributed by atoms with E-state index < -0.39 is 0 Å². The zero-order valence-electron chi connectivity index (χ0n) is 10.9. The van der Waals surface area contributed by atoms with Gasteiger partial charge in [0.05, 0.1) is 5.54 Å². The van der Waals surface area contributed by atoms with Crippen LogP contribution in [0, 0.1) is 0 Å². The van der Waals surface area contributed by atoms with Crippen molar-refractivity contribution in [2.45, 2.75) is 43.7 Å². The second-order valence-corrected chi connectivity index (χ2v) is 5.58. The molecule has 0 aromatic heterocycles. The molecule has 0 fully saturated rings. The summed E-state index contributed by atoms with van der Waals surface area (Å²) in [7, 11) is 0. The number of benzene rings is 1. The highest BCUT2D eigenvalue weighted by molar-refractivity contribution is 5.37. The number of aryl methyl sites for hydroxylation is 1. The van der Waals surface area contributed by atoms with Gasteiger partial charge in [0.2, 0.25) is 0 Å². The van der Waals surface area contributed by atoms with Crippen molar-refractivity contribution in [3.8, 4) is 0 Å². The monoisotopic (exact) mass is 242 g/mol. The molecule has 0 saturated carbocycles. The predicted octanol–water partition coefficient (Wildman–Crippen LogP) is 2.49. The molecule has 3 rings (SSSR count). The zero-order valence-corrected chi connectivity index (χ0v) is 10.9. The Morgan fingerprint density at radius 3 is 2.78 bits per heavy atom. The summed E-state index contributed by atoms with van der Waals surface area (Å²) in [6.45, 7) is 0.695. The van der Waals surface area contributed by atoms with Crippen molar-refractivity contribution in [1.29, 1.82) is 0 Å². The van der Waals surface area contributed by atoms with E-state index >= 15 is 0 Å². The van der Waals surface area contributed by atoms with Crippen LogP contribution in [0.1, 0.15) is 36.8 Å². The minimum absolute atomic E-state index is 0.00549. The van der Waals surface area contributed by atoms with Gasteiger partial charge in [0, 0.05) is 12.6 Å². The largest absolute Gasteiger partial charge is 0.328 e. The molecule has 3 N–H and O–H groups in total. The van der Waals surface area contributed by atoms with E-state index in [0.29, 0.717) is 12.6 Å². The Balaban J connectivity index is 1.91. The molecule has 0 radical (unpaired) electrons. The van der Waals surface area contributed by atoms with Crippen LogP contribution in [-0.2, 0) is 12.0 Å². The van der Waals surface area contributed by atoms with Crippen LogP contribution in [0.25, 0.3) is 0 Å². The summed E-state index contributed by atoms with van der Waals surface area (Å²) in [6.07, 6.45) is 10.4. The quantitative estimate of drug-likeness (QED) is 0.799. The molecule has 1 aromatic rings. The van der Waals surface area contributed by atoms with Gasteiger partial charge in [-0.25, -0.2) is 0 Å². The maximum Gasteiger partial charge on any atom is 0.0563 e. The second-order valence-electron chi connectivity index (χ2n) is 5.58. The molecule has 1 atom stereocenters. The summed E-state index contributed by atoms with van der Waals surface area (Å²) >= 11 is 0. The van der Waals surface area contributed by atoms with Crippen LogP contribution in [0.15, 0.2) is 36.4 Å². The van der Waals surface area contributed by atoms with Crippen molar-refractivity contribution in [1.82, 2.24) is 5.32 Å². The van der Waals surface area contributed by atoms with Crippen molar-refractivity contribution in [2.75, 3.05) is 6.54 Å². The number of fused-ring (bicyclic) bond motifs is 1. The van der Waals surface area contributed by atoms with Crippen molar-refractivity contribution in [3.05, 3.63) is 47.5 Å². The lowest BCUT2D eigenvalue weighted by atomic mass is 9.76. The van der Waals surface area contributed by atoms with Gasteiger partial charge in [-0.3, -0.25) is 0 Å². The highest BCUT2D eigenvalue weighted by Crippen LogP contribution is 2.35. The molecule has 2 aliphatic rings. The Morgan fingerprint density at radius 2 is 2.00 bits per heavy atom. The Kier molecular flexibility index (Phi) is 3.23. The maximum atomic E-state index is 6.15. The zero-order chi connectivity index (χ0) is 12.4. The van der Waals surface area contributed by atoms with E-state index in [-0.39, 0.29) is 5.54 Å². The van der Waals surface area contributed by atoms with Gasteiger partial charge < -0.3 is 11.1 Å². The first kappa shape index (κ1) is 11.9. The first-order valence-electron chi connectivity index (χ1n) is 7.05. The summed E-state index contributed by atoms with van der Waals surface area (Å²) in [5.74, 6) is 0. The van der Waals surface area contributed by atoms with Crippen LogP contribution in [0.2, 0.25) is 0 Å². The average molecular weight is 242 g/mol. The van der Waals surface area contributed by atoms with Crippen molar-refractivity contribution in [3.63, 3.8) is 0 Å². The fourth-order valence-corrected chi connectivity index (χ4v) is 3.47. The minimum atomic E-state index is 0.00549. The Hall–Kier alpha value is -1.12. The van der Waals surface area contributed by atoms with E-state index in [9.17, 15) is 0 Å². The number of rotatable bonds is 3. The third-order valence-electron chi connectivity index (χ3n) is 4.42. The Bertz CT molecular complexity index is 444. The van der Waals surface area contributed by atoms with Gasteiger partial charge in [-0.15, -0.1) is 0 Å². The summed E-state index contributed by atoms with van der Waals surface area (Å²) in [5.41, 5.74) is 9.07. The molecule has 0 heterocycles. The summed E-state index contributed by atoms with van der Waals surface area (Å²) in [4.78, 5) is 0. The highest BCUT2D eigenvalue weighted by Gasteiger charge is 2.36. The smallest absolute Gasteiger partial charge is 0.0563 e. The van der Waals surface area contributed by atoms with Gasteiger partial charge >= 0.3 is 0 Å². The van der Waals surface area contributed by atoms with Gasteiger partial charge in [0.1, 0.15) is 0 Å². The first-order chi connectivity index (χ1) is 8.84. The van der Waals surface area contributed by atoms with Gasteiger partial charge in [-0.2, -0.15) is 0 Å². The highest BCUT2D eigenvalue weighted by atomic mass is 15.0. The number of hydrogen-bond donors (Lipinski definition) is 2. The van der Waals surface area contributed by atoms with Gasteiger partial charge in [0.15, 0.2) is 0 Å². The van der Waals surface area contributed by atoms with Gasteiger partial charge in [-0.1, -0.05) is 36.4 Å². The first-order valence-corrected chi connectivity index (χ1v) is 7.05. The predicted molar refractivity (Wildman–Crippen MR) is 75.4 cm³/mol. The molecular formula is C16H22N2. The third-order valence-corrected chi connectivity index (χ3v) is 4.42. The summed E-state index contributed by atoms with van der Waals surface area (Å²) < 4.78 is 0. The summed E-state index contributed by atoms with van der Waals surface area (Å²) in [6, 6.07) is 9.37. The molecule has 0 aliphatic heterocycles.